The quantitative estimate of drug-likeness (QED) is 0.871. The summed E-state index contributed by atoms with van der Waals surface area (Å²) in [6.07, 6.45) is 9.42. The van der Waals surface area contributed by atoms with E-state index in [0.717, 1.165) is 11.8 Å². The first-order valence-corrected chi connectivity index (χ1v) is 7.37. The first-order chi connectivity index (χ1) is 8.56. The number of anilines is 1. The number of aromatic nitrogens is 2. The maximum Gasteiger partial charge on any atom is 0.0728 e. The molecule has 3 nitrogen and oxygen atoms in total. The minimum Gasteiger partial charge on any atom is -0.380 e. The van der Waals surface area contributed by atoms with Crippen LogP contribution >= 0.6 is 0 Å². The third-order valence-electron chi connectivity index (χ3n) is 4.22. The molecule has 2 rings (SSSR count). The van der Waals surface area contributed by atoms with Gasteiger partial charge < -0.3 is 5.32 Å². The molecule has 1 N–H and O–H groups in total. The van der Waals surface area contributed by atoms with Crippen molar-refractivity contribution in [2.24, 2.45) is 11.8 Å². The number of hydrogen-bond acceptors (Lipinski definition) is 2. The molecule has 0 aromatic carbocycles. The van der Waals surface area contributed by atoms with Gasteiger partial charge in [-0.3, -0.25) is 4.68 Å². The predicted octanol–water partition coefficient (Wildman–Crippen LogP) is 4.09. The van der Waals surface area contributed by atoms with Crippen LogP contribution in [-0.4, -0.2) is 15.8 Å². The van der Waals surface area contributed by atoms with E-state index in [4.69, 9.17) is 0 Å². The van der Waals surface area contributed by atoms with Crippen LogP contribution in [0.5, 0.6) is 0 Å². The molecule has 3 heteroatoms. The molecule has 0 spiro atoms. The third kappa shape index (κ3) is 3.27. The summed E-state index contributed by atoms with van der Waals surface area (Å²) in [5.41, 5.74) is 1.18. The minimum atomic E-state index is 0.442. The normalized spacial score (nSPS) is 24.8. The Bertz CT molecular complexity index is 360. The second-order valence-corrected chi connectivity index (χ2v) is 6.30. The Morgan fingerprint density at radius 2 is 1.83 bits per heavy atom. The van der Waals surface area contributed by atoms with Crippen molar-refractivity contribution < 1.29 is 0 Å². The number of nitrogens with zero attached hydrogens (tertiary/aromatic N) is 2. The monoisotopic (exact) mass is 249 g/mol. The number of hydrogen-bond donors (Lipinski definition) is 1. The summed E-state index contributed by atoms with van der Waals surface area (Å²) in [7, 11) is 0. The van der Waals surface area contributed by atoms with Gasteiger partial charge in [-0.25, -0.2) is 0 Å². The van der Waals surface area contributed by atoms with E-state index >= 15 is 0 Å². The third-order valence-corrected chi connectivity index (χ3v) is 4.22. The van der Waals surface area contributed by atoms with Crippen molar-refractivity contribution >= 4 is 5.69 Å². The highest BCUT2D eigenvalue weighted by molar-refractivity contribution is 5.39. The molecule has 1 aromatic heterocycles. The summed E-state index contributed by atoms with van der Waals surface area (Å²) < 4.78 is 2.02. The van der Waals surface area contributed by atoms with Gasteiger partial charge in [-0.1, -0.05) is 13.8 Å². The maximum absolute atomic E-state index is 4.38. The molecule has 0 radical (unpaired) electrons. The Balaban J connectivity index is 1.84. The molecular formula is C15H27N3. The Morgan fingerprint density at radius 3 is 2.33 bits per heavy atom. The van der Waals surface area contributed by atoms with Gasteiger partial charge >= 0.3 is 0 Å². The average Bonchev–Trinajstić information content (AvgIpc) is 2.78. The summed E-state index contributed by atoms with van der Waals surface area (Å²) >= 11 is 0. The molecule has 0 saturated heterocycles. The van der Waals surface area contributed by atoms with Crippen molar-refractivity contribution in [3.63, 3.8) is 0 Å². The summed E-state index contributed by atoms with van der Waals surface area (Å²) in [4.78, 5) is 0. The van der Waals surface area contributed by atoms with E-state index < -0.39 is 0 Å². The summed E-state index contributed by atoms with van der Waals surface area (Å²) in [6, 6.07) is 1.09. The van der Waals surface area contributed by atoms with Crippen molar-refractivity contribution in [1.82, 2.24) is 9.78 Å². The van der Waals surface area contributed by atoms with E-state index in [1.54, 1.807) is 0 Å². The molecule has 0 amide bonds. The van der Waals surface area contributed by atoms with E-state index in [1.165, 1.54) is 31.4 Å². The van der Waals surface area contributed by atoms with Crippen LogP contribution < -0.4 is 5.32 Å². The largest absolute Gasteiger partial charge is 0.380 e. The van der Waals surface area contributed by atoms with Gasteiger partial charge in [0.2, 0.25) is 0 Å². The van der Waals surface area contributed by atoms with E-state index in [0.29, 0.717) is 12.1 Å². The van der Waals surface area contributed by atoms with E-state index in [-0.39, 0.29) is 0 Å². The zero-order valence-electron chi connectivity index (χ0n) is 12.2. The molecule has 1 aromatic rings. The lowest BCUT2D eigenvalue weighted by Gasteiger charge is -2.31. The number of rotatable bonds is 4. The standard InChI is InChI=1S/C15H27N3/c1-11(2)13-5-7-14(8-6-13)17-15-9-16-18(10-15)12(3)4/h9-14,17H,5-8H2,1-4H3. The Labute approximate surface area is 111 Å². The van der Waals surface area contributed by atoms with Gasteiger partial charge in [0.1, 0.15) is 0 Å². The van der Waals surface area contributed by atoms with E-state index in [1.807, 2.05) is 10.9 Å². The maximum atomic E-state index is 4.38. The zero-order chi connectivity index (χ0) is 13.1. The molecule has 1 aliphatic rings. The van der Waals surface area contributed by atoms with Crippen molar-refractivity contribution in [2.45, 2.75) is 65.5 Å². The van der Waals surface area contributed by atoms with Gasteiger partial charge in [-0.2, -0.15) is 5.10 Å². The summed E-state index contributed by atoms with van der Waals surface area (Å²) in [6.45, 7) is 9.02. The highest BCUT2D eigenvalue weighted by Gasteiger charge is 2.23. The van der Waals surface area contributed by atoms with Gasteiger partial charge in [0.15, 0.2) is 0 Å². The predicted molar refractivity (Wildman–Crippen MR) is 76.8 cm³/mol. The summed E-state index contributed by atoms with van der Waals surface area (Å²) in [5, 5.41) is 8.01. The first-order valence-electron chi connectivity index (χ1n) is 7.37. The van der Waals surface area contributed by atoms with Crippen LogP contribution in [0.3, 0.4) is 0 Å². The van der Waals surface area contributed by atoms with Crippen molar-refractivity contribution in [3.8, 4) is 0 Å². The fourth-order valence-corrected chi connectivity index (χ4v) is 2.86. The Morgan fingerprint density at radius 1 is 1.17 bits per heavy atom. The molecule has 1 fully saturated rings. The molecule has 0 bridgehead atoms. The fraction of sp³-hybridized carbons (Fsp3) is 0.800. The molecule has 1 saturated carbocycles. The van der Waals surface area contributed by atoms with Crippen molar-refractivity contribution in [1.29, 1.82) is 0 Å². The van der Waals surface area contributed by atoms with Crippen molar-refractivity contribution in [3.05, 3.63) is 12.4 Å². The Hall–Kier alpha value is -0.990. The lowest BCUT2D eigenvalue weighted by atomic mass is 9.80. The van der Waals surface area contributed by atoms with E-state index in [2.05, 4.69) is 44.3 Å². The molecule has 1 aliphatic carbocycles. The van der Waals surface area contributed by atoms with Crippen LogP contribution in [0.2, 0.25) is 0 Å². The van der Waals surface area contributed by atoms with Crippen LogP contribution in [0.15, 0.2) is 12.4 Å². The summed E-state index contributed by atoms with van der Waals surface area (Å²) in [5.74, 6) is 1.77. The van der Waals surface area contributed by atoms with Crippen LogP contribution in [0.25, 0.3) is 0 Å². The first kappa shape index (κ1) is 13.4. The van der Waals surface area contributed by atoms with Gasteiger partial charge in [0.05, 0.1) is 11.9 Å². The van der Waals surface area contributed by atoms with E-state index in [9.17, 15) is 0 Å². The number of nitrogens with one attached hydrogen (secondary N) is 1. The SMILES string of the molecule is CC(C)C1CCC(Nc2cnn(C(C)C)c2)CC1. The zero-order valence-corrected chi connectivity index (χ0v) is 12.2. The Kier molecular flexibility index (Phi) is 4.31. The lowest BCUT2D eigenvalue weighted by molar-refractivity contribution is 0.267. The van der Waals surface area contributed by atoms with Crippen LogP contribution in [0.4, 0.5) is 5.69 Å². The molecule has 0 atom stereocenters. The van der Waals surface area contributed by atoms with Gasteiger partial charge in [-0.15, -0.1) is 0 Å². The lowest BCUT2D eigenvalue weighted by Crippen LogP contribution is -2.27. The molecular weight excluding hydrogens is 222 g/mol. The molecule has 18 heavy (non-hydrogen) atoms. The van der Waals surface area contributed by atoms with Crippen LogP contribution in [0, 0.1) is 11.8 Å². The second-order valence-electron chi connectivity index (χ2n) is 6.30. The van der Waals surface area contributed by atoms with Gasteiger partial charge in [-0.05, 0) is 51.4 Å². The smallest absolute Gasteiger partial charge is 0.0728 e. The van der Waals surface area contributed by atoms with Crippen LogP contribution in [-0.2, 0) is 0 Å². The molecule has 1 heterocycles. The average molecular weight is 249 g/mol. The van der Waals surface area contributed by atoms with Gasteiger partial charge in [0.25, 0.3) is 0 Å². The van der Waals surface area contributed by atoms with Gasteiger partial charge in [0, 0.05) is 18.3 Å². The highest BCUT2D eigenvalue weighted by Crippen LogP contribution is 2.31. The molecule has 0 aliphatic heterocycles. The minimum absolute atomic E-state index is 0.442. The molecule has 102 valence electrons. The molecule has 0 unspecified atom stereocenters. The highest BCUT2D eigenvalue weighted by atomic mass is 15.3. The second kappa shape index (κ2) is 5.77. The van der Waals surface area contributed by atoms with Crippen LogP contribution in [0.1, 0.15) is 59.4 Å². The van der Waals surface area contributed by atoms with Crippen molar-refractivity contribution in [2.75, 3.05) is 5.32 Å². The fourth-order valence-electron chi connectivity index (χ4n) is 2.86. The topological polar surface area (TPSA) is 29.9 Å².